The van der Waals surface area contributed by atoms with Crippen LogP contribution in [0.3, 0.4) is 0 Å². The number of hydrogen-bond donors (Lipinski definition) is 0. The van der Waals surface area contributed by atoms with E-state index in [1.807, 2.05) is 12.1 Å². The predicted molar refractivity (Wildman–Crippen MR) is 89.3 cm³/mol. The number of likely N-dealkylation sites (tertiary alicyclic amines) is 1. The second kappa shape index (κ2) is 7.13. The summed E-state index contributed by atoms with van der Waals surface area (Å²) < 4.78 is 0. The number of ketones is 1. The SMILES string of the molecule is CCC(C)(C(=O)Cc1cccc(Cl)c1Cl)N1CCCCC1. The number of Topliss-reactive ketones (excluding diaryl/α,β-unsaturated/α-hetero) is 1. The predicted octanol–water partition coefficient (Wildman–Crippen LogP) is 4.76. The van der Waals surface area contributed by atoms with Gasteiger partial charge in [0.15, 0.2) is 5.78 Å². The molecule has 0 saturated carbocycles. The Bertz CT molecular complexity index is 512. The monoisotopic (exact) mass is 327 g/mol. The van der Waals surface area contributed by atoms with Gasteiger partial charge in [-0.25, -0.2) is 0 Å². The first kappa shape index (κ1) is 16.8. The molecule has 1 aliphatic rings. The third-order valence-corrected chi connectivity index (χ3v) is 5.58. The van der Waals surface area contributed by atoms with Crippen LogP contribution in [0.4, 0.5) is 0 Å². The minimum absolute atomic E-state index is 0.232. The summed E-state index contributed by atoms with van der Waals surface area (Å²) in [5, 5.41) is 1.02. The molecule has 0 aromatic heterocycles. The van der Waals surface area contributed by atoms with Gasteiger partial charge in [-0.15, -0.1) is 0 Å². The van der Waals surface area contributed by atoms with Gasteiger partial charge in [0.05, 0.1) is 15.6 Å². The van der Waals surface area contributed by atoms with Gasteiger partial charge in [-0.1, -0.05) is 48.7 Å². The minimum Gasteiger partial charge on any atom is -0.297 e. The largest absolute Gasteiger partial charge is 0.297 e. The van der Waals surface area contributed by atoms with Crippen molar-refractivity contribution in [1.82, 2.24) is 4.90 Å². The van der Waals surface area contributed by atoms with Crippen molar-refractivity contribution in [3.05, 3.63) is 33.8 Å². The van der Waals surface area contributed by atoms with Gasteiger partial charge >= 0.3 is 0 Å². The molecule has 116 valence electrons. The molecule has 1 heterocycles. The molecule has 0 N–H and O–H groups in total. The zero-order valence-corrected chi connectivity index (χ0v) is 14.3. The molecule has 4 heteroatoms. The number of rotatable bonds is 5. The van der Waals surface area contributed by atoms with Crippen LogP contribution in [-0.4, -0.2) is 29.3 Å². The Balaban J connectivity index is 2.17. The summed E-state index contributed by atoms with van der Waals surface area (Å²) in [6.45, 7) is 6.18. The number of halogens is 2. The fourth-order valence-electron chi connectivity index (χ4n) is 3.03. The Hall–Kier alpha value is -0.570. The highest BCUT2D eigenvalue weighted by atomic mass is 35.5. The van der Waals surface area contributed by atoms with Gasteiger partial charge in [-0.2, -0.15) is 0 Å². The van der Waals surface area contributed by atoms with Crippen molar-refractivity contribution in [2.24, 2.45) is 0 Å². The van der Waals surface area contributed by atoms with E-state index in [-0.39, 0.29) is 5.78 Å². The lowest BCUT2D eigenvalue weighted by atomic mass is 9.86. The second-order valence-electron chi connectivity index (χ2n) is 5.99. The molecular formula is C17H23Cl2NO. The summed E-state index contributed by atoms with van der Waals surface area (Å²) in [4.78, 5) is 15.2. The zero-order chi connectivity index (χ0) is 15.5. The minimum atomic E-state index is -0.397. The molecule has 1 unspecified atom stereocenters. The standard InChI is InChI=1S/C17H23Cl2NO/c1-3-17(2,20-10-5-4-6-11-20)15(21)12-13-8-7-9-14(18)16(13)19/h7-9H,3-6,10-12H2,1-2H3. The van der Waals surface area contributed by atoms with E-state index in [1.54, 1.807) is 6.07 Å². The number of nitrogens with zero attached hydrogens (tertiary/aromatic N) is 1. The first-order valence-corrected chi connectivity index (χ1v) is 8.46. The van der Waals surface area contributed by atoms with Crippen molar-refractivity contribution >= 4 is 29.0 Å². The molecule has 2 rings (SSSR count). The molecule has 0 amide bonds. The van der Waals surface area contributed by atoms with Gasteiger partial charge < -0.3 is 0 Å². The van der Waals surface area contributed by atoms with Gasteiger partial charge in [0.1, 0.15) is 0 Å². The number of carbonyl (C=O) groups is 1. The first-order chi connectivity index (χ1) is 9.99. The number of carbonyl (C=O) groups excluding carboxylic acids is 1. The van der Waals surface area contributed by atoms with Crippen LogP contribution in [0.25, 0.3) is 0 Å². The highest BCUT2D eigenvalue weighted by molar-refractivity contribution is 6.42. The average Bonchev–Trinajstić information content (AvgIpc) is 2.51. The van der Waals surface area contributed by atoms with Crippen molar-refractivity contribution in [3.8, 4) is 0 Å². The van der Waals surface area contributed by atoms with E-state index in [4.69, 9.17) is 23.2 Å². The van der Waals surface area contributed by atoms with Crippen molar-refractivity contribution in [2.75, 3.05) is 13.1 Å². The summed E-state index contributed by atoms with van der Waals surface area (Å²) in [6.07, 6.45) is 4.80. The van der Waals surface area contributed by atoms with Crippen molar-refractivity contribution in [3.63, 3.8) is 0 Å². The molecule has 1 aromatic rings. The topological polar surface area (TPSA) is 20.3 Å². The zero-order valence-electron chi connectivity index (χ0n) is 12.8. The summed E-state index contributed by atoms with van der Waals surface area (Å²) in [6, 6.07) is 5.49. The maximum atomic E-state index is 12.9. The van der Waals surface area contributed by atoms with Gasteiger partial charge in [0.25, 0.3) is 0 Å². The lowest BCUT2D eigenvalue weighted by Gasteiger charge is -2.42. The third-order valence-electron chi connectivity index (χ3n) is 4.73. The van der Waals surface area contributed by atoms with Gasteiger partial charge in [-0.3, -0.25) is 9.69 Å². The molecule has 1 fully saturated rings. The van der Waals surface area contributed by atoms with E-state index in [0.717, 1.165) is 25.1 Å². The van der Waals surface area contributed by atoms with Crippen LogP contribution in [0.1, 0.15) is 45.1 Å². The van der Waals surface area contributed by atoms with E-state index < -0.39 is 5.54 Å². The normalized spacial score (nSPS) is 19.2. The Morgan fingerprint density at radius 3 is 2.52 bits per heavy atom. The fourth-order valence-corrected chi connectivity index (χ4v) is 3.42. The van der Waals surface area contributed by atoms with Crippen LogP contribution >= 0.6 is 23.2 Å². The lowest BCUT2D eigenvalue weighted by Crippen LogP contribution is -2.54. The Labute approximate surface area is 137 Å². The third kappa shape index (κ3) is 3.61. The molecule has 0 bridgehead atoms. The molecular weight excluding hydrogens is 305 g/mol. The van der Waals surface area contributed by atoms with Crippen molar-refractivity contribution in [1.29, 1.82) is 0 Å². The first-order valence-electron chi connectivity index (χ1n) is 7.70. The quantitative estimate of drug-likeness (QED) is 0.777. The van der Waals surface area contributed by atoms with Crippen molar-refractivity contribution < 1.29 is 4.79 Å². The summed E-state index contributed by atoms with van der Waals surface area (Å²) in [5.41, 5.74) is 0.428. The highest BCUT2D eigenvalue weighted by Gasteiger charge is 2.37. The molecule has 0 radical (unpaired) electrons. The molecule has 0 spiro atoms. The van der Waals surface area contributed by atoms with Gasteiger partial charge in [0, 0.05) is 6.42 Å². The van der Waals surface area contributed by atoms with Gasteiger partial charge in [-0.05, 0) is 50.9 Å². The second-order valence-corrected chi connectivity index (χ2v) is 6.77. The average molecular weight is 328 g/mol. The van der Waals surface area contributed by atoms with E-state index in [2.05, 4.69) is 18.7 Å². The van der Waals surface area contributed by atoms with Crippen LogP contribution in [0.15, 0.2) is 18.2 Å². The molecule has 21 heavy (non-hydrogen) atoms. The van der Waals surface area contributed by atoms with E-state index in [1.165, 1.54) is 19.3 Å². The Morgan fingerprint density at radius 2 is 1.90 bits per heavy atom. The fraction of sp³-hybridized carbons (Fsp3) is 0.588. The molecule has 0 aliphatic carbocycles. The maximum absolute atomic E-state index is 12.9. The number of piperidine rings is 1. The van der Waals surface area contributed by atoms with Crippen LogP contribution in [-0.2, 0) is 11.2 Å². The van der Waals surface area contributed by atoms with E-state index in [0.29, 0.717) is 16.5 Å². The highest BCUT2D eigenvalue weighted by Crippen LogP contribution is 2.30. The van der Waals surface area contributed by atoms with Crippen LogP contribution in [0.2, 0.25) is 10.0 Å². The molecule has 1 aliphatic heterocycles. The van der Waals surface area contributed by atoms with Crippen LogP contribution < -0.4 is 0 Å². The van der Waals surface area contributed by atoms with E-state index >= 15 is 0 Å². The molecule has 1 aromatic carbocycles. The van der Waals surface area contributed by atoms with Crippen LogP contribution in [0.5, 0.6) is 0 Å². The molecule has 2 nitrogen and oxygen atoms in total. The molecule has 1 saturated heterocycles. The number of benzene rings is 1. The summed E-state index contributed by atoms with van der Waals surface area (Å²) in [5.74, 6) is 0.232. The Kier molecular flexibility index (Phi) is 5.70. The summed E-state index contributed by atoms with van der Waals surface area (Å²) in [7, 11) is 0. The number of hydrogen-bond acceptors (Lipinski definition) is 2. The van der Waals surface area contributed by atoms with Crippen LogP contribution in [0, 0.1) is 0 Å². The lowest BCUT2D eigenvalue weighted by molar-refractivity contribution is -0.130. The molecule has 1 atom stereocenters. The van der Waals surface area contributed by atoms with Gasteiger partial charge in [0.2, 0.25) is 0 Å². The Morgan fingerprint density at radius 1 is 1.24 bits per heavy atom. The maximum Gasteiger partial charge on any atom is 0.157 e. The van der Waals surface area contributed by atoms with Crippen molar-refractivity contribution in [2.45, 2.75) is 51.5 Å². The summed E-state index contributed by atoms with van der Waals surface area (Å²) >= 11 is 12.3. The van der Waals surface area contributed by atoms with E-state index in [9.17, 15) is 4.79 Å². The smallest absolute Gasteiger partial charge is 0.157 e.